The van der Waals surface area contributed by atoms with Gasteiger partial charge in [0.1, 0.15) is 0 Å². The molecule has 0 aliphatic heterocycles. The van der Waals surface area contributed by atoms with Crippen LogP contribution in [0.4, 0.5) is 0 Å². The van der Waals surface area contributed by atoms with Crippen LogP contribution in [-0.2, 0) is 6.42 Å². The van der Waals surface area contributed by atoms with Crippen molar-refractivity contribution >= 4 is 0 Å². The summed E-state index contributed by atoms with van der Waals surface area (Å²) in [5.74, 6) is 2.18. The normalized spacial score (nSPS) is 19.4. The highest BCUT2D eigenvalue weighted by molar-refractivity contribution is 5.43. The lowest BCUT2D eigenvalue weighted by Crippen LogP contribution is -2.47. The van der Waals surface area contributed by atoms with Gasteiger partial charge in [-0.25, -0.2) is 0 Å². The molecule has 20 heavy (non-hydrogen) atoms. The Bertz CT molecular complexity index is 437. The van der Waals surface area contributed by atoms with Crippen molar-refractivity contribution in [3.8, 4) is 11.5 Å². The maximum atomic E-state index is 6.61. The summed E-state index contributed by atoms with van der Waals surface area (Å²) in [7, 11) is 3.33. The molecular formula is C17H27NO2. The number of rotatable bonds is 5. The second kappa shape index (κ2) is 6.49. The zero-order chi connectivity index (χ0) is 14.6. The van der Waals surface area contributed by atoms with Gasteiger partial charge in [-0.05, 0) is 49.8 Å². The standard InChI is InChI=1S/C17H27NO2/c1-17(18,14-7-5-4-6-8-14)12-13-9-10-15(19-2)16(11-13)20-3/h9-11,14H,4-8,12,18H2,1-3H3. The van der Waals surface area contributed by atoms with E-state index in [1.165, 1.54) is 37.7 Å². The highest BCUT2D eigenvalue weighted by atomic mass is 16.5. The van der Waals surface area contributed by atoms with Gasteiger partial charge in [-0.1, -0.05) is 25.3 Å². The maximum Gasteiger partial charge on any atom is 0.160 e. The average molecular weight is 277 g/mol. The molecule has 0 heterocycles. The largest absolute Gasteiger partial charge is 0.493 e. The second-order valence-corrected chi connectivity index (χ2v) is 6.21. The van der Waals surface area contributed by atoms with Crippen LogP contribution in [0.15, 0.2) is 18.2 Å². The summed E-state index contributed by atoms with van der Waals surface area (Å²) in [6.07, 6.45) is 7.42. The Morgan fingerprint density at radius 3 is 2.35 bits per heavy atom. The minimum absolute atomic E-state index is 0.139. The molecule has 1 aliphatic rings. The highest BCUT2D eigenvalue weighted by Crippen LogP contribution is 2.35. The van der Waals surface area contributed by atoms with Crippen LogP contribution in [-0.4, -0.2) is 19.8 Å². The molecular weight excluding hydrogens is 250 g/mol. The summed E-state index contributed by atoms with van der Waals surface area (Å²) < 4.78 is 10.7. The summed E-state index contributed by atoms with van der Waals surface area (Å²) in [6.45, 7) is 2.19. The molecule has 1 unspecified atom stereocenters. The van der Waals surface area contributed by atoms with Gasteiger partial charge in [0.2, 0.25) is 0 Å². The Labute approximate surface area is 122 Å². The van der Waals surface area contributed by atoms with Crippen molar-refractivity contribution in [3.05, 3.63) is 23.8 Å². The minimum atomic E-state index is -0.139. The third-order valence-corrected chi connectivity index (χ3v) is 4.57. The molecule has 0 amide bonds. The SMILES string of the molecule is COc1ccc(CC(C)(N)C2CCCCC2)cc1OC. The molecule has 1 fully saturated rings. The van der Waals surface area contributed by atoms with Crippen molar-refractivity contribution in [1.82, 2.24) is 0 Å². The van der Waals surface area contributed by atoms with E-state index in [9.17, 15) is 0 Å². The zero-order valence-corrected chi connectivity index (χ0v) is 12.9. The predicted octanol–water partition coefficient (Wildman–Crippen LogP) is 3.54. The number of hydrogen-bond donors (Lipinski definition) is 1. The first-order valence-corrected chi connectivity index (χ1v) is 7.56. The Morgan fingerprint density at radius 1 is 1.10 bits per heavy atom. The molecule has 3 heteroatoms. The van der Waals surface area contributed by atoms with E-state index in [2.05, 4.69) is 13.0 Å². The van der Waals surface area contributed by atoms with E-state index in [4.69, 9.17) is 15.2 Å². The molecule has 0 bridgehead atoms. The first-order chi connectivity index (χ1) is 9.56. The molecule has 0 radical (unpaired) electrons. The molecule has 1 atom stereocenters. The minimum Gasteiger partial charge on any atom is -0.493 e. The summed E-state index contributed by atoms with van der Waals surface area (Å²) >= 11 is 0. The third kappa shape index (κ3) is 3.45. The summed E-state index contributed by atoms with van der Waals surface area (Å²) in [4.78, 5) is 0. The summed E-state index contributed by atoms with van der Waals surface area (Å²) in [5.41, 5.74) is 7.70. The van der Waals surface area contributed by atoms with Crippen LogP contribution in [0.5, 0.6) is 11.5 Å². The fourth-order valence-electron chi connectivity index (χ4n) is 3.34. The number of nitrogens with two attached hydrogens (primary N) is 1. The van der Waals surface area contributed by atoms with Gasteiger partial charge in [0.05, 0.1) is 14.2 Å². The van der Waals surface area contributed by atoms with Crippen LogP contribution >= 0.6 is 0 Å². The van der Waals surface area contributed by atoms with E-state index in [0.29, 0.717) is 5.92 Å². The van der Waals surface area contributed by atoms with Crippen molar-refractivity contribution in [3.63, 3.8) is 0 Å². The fraction of sp³-hybridized carbons (Fsp3) is 0.647. The Balaban J connectivity index is 2.11. The number of benzene rings is 1. The summed E-state index contributed by atoms with van der Waals surface area (Å²) in [5, 5.41) is 0. The van der Waals surface area contributed by atoms with E-state index >= 15 is 0 Å². The van der Waals surface area contributed by atoms with Crippen LogP contribution in [0.25, 0.3) is 0 Å². The molecule has 0 aromatic heterocycles. The first-order valence-electron chi connectivity index (χ1n) is 7.56. The van der Waals surface area contributed by atoms with Gasteiger partial charge in [-0.2, -0.15) is 0 Å². The summed E-state index contributed by atoms with van der Waals surface area (Å²) in [6, 6.07) is 6.10. The molecule has 1 saturated carbocycles. The van der Waals surface area contributed by atoms with Crippen molar-refractivity contribution in [2.24, 2.45) is 11.7 Å². The lowest BCUT2D eigenvalue weighted by molar-refractivity contribution is 0.221. The Kier molecular flexibility index (Phi) is 4.92. The van der Waals surface area contributed by atoms with Gasteiger partial charge in [-0.15, -0.1) is 0 Å². The molecule has 1 aliphatic carbocycles. The molecule has 1 aromatic rings. The van der Waals surface area contributed by atoms with Gasteiger partial charge in [0.25, 0.3) is 0 Å². The van der Waals surface area contributed by atoms with Gasteiger partial charge < -0.3 is 15.2 Å². The van der Waals surface area contributed by atoms with Gasteiger partial charge in [0, 0.05) is 5.54 Å². The lowest BCUT2D eigenvalue weighted by Gasteiger charge is -2.37. The zero-order valence-electron chi connectivity index (χ0n) is 12.9. The monoisotopic (exact) mass is 277 g/mol. The van der Waals surface area contributed by atoms with E-state index in [-0.39, 0.29) is 5.54 Å². The first kappa shape index (κ1) is 15.2. The topological polar surface area (TPSA) is 44.5 Å². The van der Waals surface area contributed by atoms with Crippen LogP contribution in [0.3, 0.4) is 0 Å². The molecule has 112 valence electrons. The number of methoxy groups -OCH3 is 2. The van der Waals surface area contributed by atoms with Gasteiger partial charge in [-0.3, -0.25) is 0 Å². The van der Waals surface area contributed by atoms with Crippen molar-refractivity contribution in [1.29, 1.82) is 0 Å². The second-order valence-electron chi connectivity index (χ2n) is 6.21. The van der Waals surface area contributed by atoms with E-state index in [0.717, 1.165) is 17.9 Å². The van der Waals surface area contributed by atoms with Crippen molar-refractivity contribution in [2.75, 3.05) is 14.2 Å². The average Bonchev–Trinajstić information content (AvgIpc) is 2.47. The number of ether oxygens (including phenoxy) is 2. The van der Waals surface area contributed by atoms with Gasteiger partial charge in [0.15, 0.2) is 11.5 Å². The molecule has 0 saturated heterocycles. The Morgan fingerprint density at radius 2 is 1.75 bits per heavy atom. The maximum absolute atomic E-state index is 6.61. The van der Waals surface area contributed by atoms with Crippen LogP contribution in [0.1, 0.15) is 44.6 Å². The van der Waals surface area contributed by atoms with E-state index < -0.39 is 0 Å². The molecule has 3 nitrogen and oxygen atoms in total. The number of hydrogen-bond acceptors (Lipinski definition) is 3. The smallest absolute Gasteiger partial charge is 0.160 e. The van der Waals surface area contributed by atoms with Crippen molar-refractivity contribution < 1.29 is 9.47 Å². The third-order valence-electron chi connectivity index (χ3n) is 4.57. The van der Waals surface area contributed by atoms with Gasteiger partial charge >= 0.3 is 0 Å². The Hall–Kier alpha value is -1.22. The van der Waals surface area contributed by atoms with Crippen LogP contribution < -0.4 is 15.2 Å². The van der Waals surface area contributed by atoms with Crippen molar-refractivity contribution in [2.45, 2.75) is 51.0 Å². The predicted molar refractivity (Wildman–Crippen MR) is 82.4 cm³/mol. The quantitative estimate of drug-likeness (QED) is 0.895. The molecule has 2 rings (SSSR count). The molecule has 2 N–H and O–H groups in total. The van der Waals surface area contributed by atoms with Crippen LogP contribution in [0, 0.1) is 5.92 Å². The lowest BCUT2D eigenvalue weighted by atomic mass is 9.73. The van der Waals surface area contributed by atoms with E-state index in [1.54, 1.807) is 14.2 Å². The fourth-order valence-corrected chi connectivity index (χ4v) is 3.34. The molecule has 0 spiro atoms. The highest BCUT2D eigenvalue weighted by Gasteiger charge is 2.31. The molecule has 1 aromatic carbocycles. The van der Waals surface area contributed by atoms with Crippen LogP contribution in [0.2, 0.25) is 0 Å². The van der Waals surface area contributed by atoms with E-state index in [1.807, 2.05) is 12.1 Å².